The fourth-order valence-electron chi connectivity index (χ4n) is 3.07. The van der Waals surface area contributed by atoms with Crippen LogP contribution in [0.2, 0.25) is 0 Å². The van der Waals surface area contributed by atoms with Crippen molar-refractivity contribution in [1.29, 1.82) is 0 Å². The van der Waals surface area contributed by atoms with E-state index in [1.807, 2.05) is 25.7 Å². The Labute approximate surface area is 199 Å². The zero-order valence-electron chi connectivity index (χ0n) is 18.2. The minimum Gasteiger partial charge on any atom is -0.389 e. The highest BCUT2D eigenvalue weighted by molar-refractivity contribution is 14.0. The first-order valence-corrected chi connectivity index (χ1v) is 10.3. The largest absolute Gasteiger partial charge is 0.416 e. The summed E-state index contributed by atoms with van der Waals surface area (Å²) in [4.78, 5) is 6.43. The summed E-state index contributed by atoms with van der Waals surface area (Å²) >= 11 is 0. The van der Waals surface area contributed by atoms with Crippen LogP contribution in [-0.2, 0) is 15.7 Å². The highest BCUT2D eigenvalue weighted by atomic mass is 127. The van der Waals surface area contributed by atoms with E-state index in [2.05, 4.69) is 10.3 Å². The Bertz CT molecular complexity index is 689. The Morgan fingerprint density at radius 1 is 1.35 bits per heavy atom. The number of halogens is 4. The molecule has 178 valence electrons. The zero-order valence-corrected chi connectivity index (χ0v) is 20.5. The molecule has 1 saturated heterocycles. The van der Waals surface area contributed by atoms with Crippen molar-refractivity contribution in [3.05, 3.63) is 35.4 Å². The van der Waals surface area contributed by atoms with Gasteiger partial charge in [-0.3, -0.25) is 4.99 Å². The van der Waals surface area contributed by atoms with Crippen molar-refractivity contribution in [3.8, 4) is 0 Å². The SMILES string of the molecule is CCNC(=NCC(O)COCC(C)C)N1CCOC(c2cccc(C(F)(F)F)c2)C1.I. The number of hydrogen-bond acceptors (Lipinski definition) is 4. The van der Waals surface area contributed by atoms with Gasteiger partial charge in [0.05, 0.1) is 38.0 Å². The maximum Gasteiger partial charge on any atom is 0.416 e. The number of rotatable bonds is 8. The summed E-state index contributed by atoms with van der Waals surface area (Å²) < 4.78 is 50.3. The highest BCUT2D eigenvalue weighted by Gasteiger charge is 2.32. The van der Waals surface area contributed by atoms with E-state index in [0.29, 0.717) is 50.3 Å². The van der Waals surface area contributed by atoms with Crippen molar-refractivity contribution in [2.75, 3.05) is 46.0 Å². The first-order valence-electron chi connectivity index (χ1n) is 10.3. The van der Waals surface area contributed by atoms with Crippen LogP contribution in [0.4, 0.5) is 13.2 Å². The van der Waals surface area contributed by atoms with Crippen molar-refractivity contribution < 1.29 is 27.8 Å². The molecule has 1 heterocycles. The van der Waals surface area contributed by atoms with Crippen LogP contribution < -0.4 is 5.32 Å². The number of guanidine groups is 1. The van der Waals surface area contributed by atoms with E-state index in [-0.39, 0.29) is 37.1 Å². The van der Waals surface area contributed by atoms with Crippen LogP contribution in [0, 0.1) is 5.92 Å². The number of nitrogens with zero attached hydrogens (tertiary/aromatic N) is 2. The molecule has 6 nitrogen and oxygen atoms in total. The Morgan fingerprint density at radius 3 is 2.74 bits per heavy atom. The van der Waals surface area contributed by atoms with E-state index >= 15 is 0 Å². The third-order valence-electron chi connectivity index (χ3n) is 4.50. The number of nitrogens with one attached hydrogen (secondary N) is 1. The van der Waals surface area contributed by atoms with Gasteiger partial charge in [0, 0.05) is 19.7 Å². The van der Waals surface area contributed by atoms with Crippen molar-refractivity contribution in [2.24, 2.45) is 10.9 Å². The first-order chi connectivity index (χ1) is 14.2. The topological polar surface area (TPSA) is 66.3 Å². The monoisotopic (exact) mass is 559 g/mol. The number of ether oxygens (including phenoxy) is 2. The second-order valence-corrected chi connectivity index (χ2v) is 7.71. The molecule has 1 fully saturated rings. The number of aliphatic imine (C=N–C) groups is 1. The average molecular weight is 559 g/mol. The number of benzene rings is 1. The van der Waals surface area contributed by atoms with Gasteiger partial charge >= 0.3 is 6.18 Å². The lowest BCUT2D eigenvalue weighted by molar-refractivity contribution is -0.137. The van der Waals surface area contributed by atoms with Gasteiger partial charge in [-0.2, -0.15) is 13.2 Å². The molecule has 1 aliphatic rings. The molecule has 1 aromatic rings. The van der Waals surface area contributed by atoms with E-state index < -0.39 is 23.9 Å². The van der Waals surface area contributed by atoms with Gasteiger partial charge in [-0.25, -0.2) is 0 Å². The molecule has 0 aromatic heterocycles. The molecular formula is C21H33F3IN3O3. The molecule has 0 amide bonds. The molecule has 10 heteroatoms. The van der Waals surface area contributed by atoms with Crippen molar-refractivity contribution in [1.82, 2.24) is 10.2 Å². The van der Waals surface area contributed by atoms with Crippen LogP contribution in [0.25, 0.3) is 0 Å². The third-order valence-corrected chi connectivity index (χ3v) is 4.50. The van der Waals surface area contributed by atoms with Crippen LogP contribution >= 0.6 is 24.0 Å². The lowest BCUT2D eigenvalue weighted by atomic mass is 10.0. The fraction of sp³-hybridized carbons (Fsp3) is 0.667. The lowest BCUT2D eigenvalue weighted by Gasteiger charge is -2.35. The second kappa shape index (κ2) is 13.4. The smallest absolute Gasteiger partial charge is 0.389 e. The Morgan fingerprint density at radius 2 is 2.10 bits per heavy atom. The van der Waals surface area contributed by atoms with Gasteiger partial charge in [-0.1, -0.05) is 26.0 Å². The quantitative estimate of drug-likeness (QED) is 0.289. The molecule has 1 aliphatic heterocycles. The maximum absolute atomic E-state index is 13.0. The average Bonchev–Trinajstić information content (AvgIpc) is 2.70. The molecule has 0 bridgehead atoms. The van der Waals surface area contributed by atoms with E-state index in [0.717, 1.165) is 12.1 Å². The van der Waals surface area contributed by atoms with Crippen LogP contribution in [0.15, 0.2) is 29.3 Å². The van der Waals surface area contributed by atoms with Gasteiger partial charge in [-0.15, -0.1) is 24.0 Å². The van der Waals surface area contributed by atoms with Gasteiger partial charge in [0.25, 0.3) is 0 Å². The summed E-state index contributed by atoms with van der Waals surface area (Å²) in [6.45, 7) is 8.87. The Balaban J connectivity index is 0.00000480. The van der Waals surface area contributed by atoms with E-state index in [1.165, 1.54) is 6.07 Å². The Kier molecular flexibility index (Phi) is 12.1. The van der Waals surface area contributed by atoms with E-state index in [1.54, 1.807) is 6.07 Å². The van der Waals surface area contributed by atoms with Gasteiger partial charge in [0.15, 0.2) is 5.96 Å². The maximum atomic E-state index is 13.0. The molecule has 2 N–H and O–H groups in total. The molecule has 1 aromatic carbocycles. The number of aliphatic hydroxyl groups is 1. The van der Waals surface area contributed by atoms with Gasteiger partial charge in [-0.05, 0) is 30.5 Å². The number of alkyl halides is 3. The molecule has 31 heavy (non-hydrogen) atoms. The summed E-state index contributed by atoms with van der Waals surface area (Å²) in [6.07, 6.45) is -5.61. The predicted molar refractivity (Wildman–Crippen MR) is 125 cm³/mol. The molecule has 0 saturated carbocycles. The molecule has 2 rings (SSSR count). The molecule has 0 spiro atoms. The molecule has 0 aliphatic carbocycles. The number of hydrogen-bond donors (Lipinski definition) is 2. The number of aliphatic hydroxyl groups excluding tert-OH is 1. The second-order valence-electron chi connectivity index (χ2n) is 7.71. The van der Waals surface area contributed by atoms with Crippen LogP contribution in [0.3, 0.4) is 0 Å². The van der Waals surface area contributed by atoms with Crippen molar-refractivity contribution in [2.45, 2.75) is 39.2 Å². The Hall–Kier alpha value is -1.11. The summed E-state index contributed by atoms with van der Waals surface area (Å²) in [5, 5.41) is 13.3. The summed E-state index contributed by atoms with van der Waals surface area (Å²) in [7, 11) is 0. The summed E-state index contributed by atoms with van der Waals surface area (Å²) in [5.74, 6) is 0.986. The standard InChI is InChI=1S/C21H32F3N3O3.HI/c1-4-25-20(26-11-18(28)14-29-13-15(2)3)27-8-9-30-19(12-27)16-6-5-7-17(10-16)21(22,23)24;/h5-7,10,15,18-19,28H,4,8-9,11-14H2,1-3H3,(H,25,26);1H. The molecular weight excluding hydrogens is 526 g/mol. The van der Waals surface area contributed by atoms with Crippen molar-refractivity contribution >= 4 is 29.9 Å². The minimum atomic E-state index is -4.39. The molecule has 2 atom stereocenters. The van der Waals surface area contributed by atoms with E-state index in [9.17, 15) is 18.3 Å². The fourth-order valence-corrected chi connectivity index (χ4v) is 3.07. The summed E-state index contributed by atoms with van der Waals surface area (Å²) in [5.41, 5.74) is -0.210. The highest BCUT2D eigenvalue weighted by Crippen LogP contribution is 2.32. The minimum absolute atomic E-state index is 0. The molecule has 0 radical (unpaired) electrons. The summed E-state index contributed by atoms with van der Waals surface area (Å²) in [6, 6.07) is 5.23. The predicted octanol–water partition coefficient (Wildman–Crippen LogP) is 3.70. The van der Waals surface area contributed by atoms with E-state index in [4.69, 9.17) is 9.47 Å². The number of morpholine rings is 1. The molecule has 2 unspecified atom stereocenters. The van der Waals surface area contributed by atoms with Gasteiger partial charge in [0.1, 0.15) is 6.10 Å². The zero-order chi connectivity index (χ0) is 22.1. The normalized spacial score (nSPS) is 18.6. The van der Waals surface area contributed by atoms with Crippen molar-refractivity contribution in [3.63, 3.8) is 0 Å². The van der Waals surface area contributed by atoms with Gasteiger partial charge in [0.2, 0.25) is 0 Å². The van der Waals surface area contributed by atoms with Crippen LogP contribution in [0.1, 0.15) is 38.0 Å². The first kappa shape index (κ1) is 27.9. The van der Waals surface area contributed by atoms with Crippen LogP contribution in [0.5, 0.6) is 0 Å². The lowest BCUT2D eigenvalue weighted by Crippen LogP contribution is -2.48. The third kappa shape index (κ3) is 9.50. The van der Waals surface area contributed by atoms with Crippen LogP contribution in [-0.4, -0.2) is 68.1 Å². The van der Waals surface area contributed by atoms with Gasteiger partial charge < -0.3 is 24.8 Å².